The van der Waals surface area contributed by atoms with Crippen molar-refractivity contribution in [1.82, 2.24) is 20.0 Å². The van der Waals surface area contributed by atoms with Crippen LogP contribution in [0, 0.1) is 0 Å². The quantitative estimate of drug-likeness (QED) is 0.846. The van der Waals surface area contributed by atoms with E-state index in [2.05, 4.69) is 10.2 Å². The van der Waals surface area contributed by atoms with Crippen LogP contribution in [0.15, 0.2) is 22.8 Å². The summed E-state index contributed by atoms with van der Waals surface area (Å²) < 4.78 is 5.24. The second-order valence-electron chi connectivity index (χ2n) is 6.80. The van der Waals surface area contributed by atoms with Gasteiger partial charge in [0.1, 0.15) is 5.76 Å². The van der Waals surface area contributed by atoms with Gasteiger partial charge in [-0.3, -0.25) is 9.69 Å². The Labute approximate surface area is 148 Å². The highest BCUT2D eigenvalue weighted by Gasteiger charge is 2.35. The summed E-state index contributed by atoms with van der Waals surface area (Å²) in [5.74, 6) is 0.775. The lowest BCUT2D eigenvalue weighted by atomic mass is 10.0. The molecule has 3 amide bonds. The third-order valence-corrected chi connectivity index (χ3v) is 5.39. The van der Waals surface area contributed by atoms with E-state index in [1.807, 2.05) is 35.8 Å². The van der Waals surface area contributed by atoms with Gasteiger partial charge in [0.05, 0.1) is 18.8 Å². The minimum atomic E-state index is -0.169. The van der Waals surface area contributed by atoms with Gasteiger partial charge in [-0.2, -0.15) is 0 Å². The number of nitrogens with zero attached hydrogens (tertiary/aromatic N) is 3. The Morgan fingerprint density at radius 2 is 2.08 bits per heavy atom. The van der Waals surface area contributed by atoms with Gasteiger partial charge in [0.2, 0.25) is 5.91 Å². The third kappa shape index (κ3) is 3.98. The molecule has 2 aliphatic rings. The fourth-order valence-corrected chi connectivity index (χ4v) is 3.72. The molecule has 0 unspecified atom stereocenters. The largest absolute Gasteiger partial charge is 0.467 e. The van der Waals surface area contributed by atoms with E-state index in [1.54, 1.807) is 6.26 Å². The van der Waals surface area contributed by atoms with Crippen molar-refractivity contribution < 1.29 is 14.0 Å². The lowest BCUT2D eigenvalue weighted by Crippen LogP contribution is -2.52. The Hall–Kier alpha value is -2.02. The molecule has 1 aromatic heterocycles. The molecule has 1 atom stereocenters. The van der Waals surface area contributed by atoms with E-state index in [0.717, 1.165) is 51.3 Å². The van der Waals surface area contributed by atoms with Crippen LogP contribution in [0.5, 0.6) is 0 Å². The van der Waals surface area contributed by atoms with Gasteiger partial charge in [-0.25, -0.2) is 4.79 Å². The van der Waals surface area contributed by atoms with Crippen molar-refractivity contribution in [3.8, 4) is 0 Å². The molecule has 7 nitrogen and oxygen atoms in total. The van der Waals surface area contributed by atoms with Crippen LogP contribution in [0.25, 0.3) is 0 Å². The van der Waals surface area contributed by atoms with Crippen molar-refractivity contribution in [3.05, 3.63) is 24.2 Å². The molecule has 0 bridgehead atoms. The van der Waals surface area contributed by atoms with E-state index < -0.39 is 0 Å². The van der Waals surface area contributed by atoms with Crippen LogP contribution in [0.4, 0.5) is 4.79 Å². The first-order valence-electron chi connectivity index (χ1n) is 9.19. The Bertz CT molecular complexity index is 581. The summed E-state index contributed by atoms with van der Waals surface area (Å²) in [6.07, 6.45) is 3.47. The maximum absolute atomic E-state index is 12.3. The average Bonchev–Trinajstić information content (AvgIpc) is 3.28. The highest BCUT2D eigenvalue weighted by Crippen LogP contribution is 2.22. The minimum Gasteiger partial charge on any atom is -0.467 e. The molecule has 1 aromatic rings. The van der Waals surface area contributed by atoms with E-state index in [1.165, 1.54) is 0 Å². The van der Waals surface area contributed by atoms with Gasteiger partial charge in [0.25, 0.3) is 0 Å². The molecule has 2 aliphatic heterocycles. The summed E-state index contributed by atoms with van der Waals surface area (Å²) in [4.78, 5) is 30.8. The molecule has 0 spiro atoms. The van der Waals surface area contributed by atoms with Crippen molar-refractivity contribution in [2.45, 2.75) is 45.3 Å². The van der Waals surface area contributed by atoms with Crippen molar-refractivity contribution in [2.75, 3.05) is 32.7 Å². The number of nitrogens with one attached hydrogen (secondary N) is 1. The monoisotopic (exact) mass is 348 g/mol. The number of likely N-dealkylation sites (tertiary alicyclic amines) is 1. The number of urea groups is 1. The highest BCUT2D eigenvalue weighted by molar-refractivity contribution is 5.81. The van der Waals surface area contributed by atoms with Gasteiger partial charge in [-0.15, -0.1) is 0 Å². The number of hydrogen-bond acceptors (Lipinski definition) is 4. The first-order valence-corrected chi connectivity index (χ1v) is 9.19. The number of carbonyl (C=O) groups is 2. The van der Waals surface area contributed by atoms with Gasteiger partial charge in [-0.05, 0) is 38.8 Å². The summed E-state index contributed by atoms with van der Waals surface area (Å²) in [6, 6.07) is 3.97. The fourth-order valence-electron chi connectivity index (χ4n) is 3.72. The molecule has 0 aromatic carbocycles. The average molecular weight is 348 g/mol. The van der Waals surface area contributed by atoms with Gasteiger partial charge in [0, 0.05) is 38.8 Å². The van der Waals surface area contributed by atoms with Crippen LogP contribution in [0.2, 0.25) is 0 Å². The van der Waals surface area contributed by atoms with Crippen LogP contribution < -0.4 is 5.32 Å². The van der Waals surface area contributed by atoms with Crippen molar-refractivity contribution >= 4 is 11.9 Å². The highest BCUT2D eigenvalue weighted by atomic mass is 16.3. The zero-order chi connectivity index (χ0) is 17.8. The van der Waals surface area contributed by atoms with Gasteiger partial charge in [-0.1, -0.05) is 0 Å². The molecule has 138 valence electrons. The predicted octanol–water partition coefficient (Wildman–Crippen LogP) is 1.51. The van der Waals surface area contributed by atoms with E-state index in [4.69, 9.17) is 4.42 Å². The maximum Gasteiger partial charge on any atom is 0.320 e. The normalized spacial score (nSPS) is 21.0. The molecular weight excluding hydrogens is 320 g/mol. The summed E-state index contributed by atoms with van der Waals surface area (Å²) in [5, 5.41) is 2.92. The molecular formula is C18H28N4O3. The molecule has 0 radical (unpaired) electrons. The van der Waals surface area contributed by atoms with E-state index in [-0.39, 0.29) is 18.0 Å². The molecule has 0 saturated carbocycles. The second kappa shape index (κ2) is 7.91. The van der Waals surface area contributed by atoms with Crippen molar-refractivity contribution in [3.63, 3.8) is 0 Å². The Balaban J connectivity index is 1.45. The van der Waals surface area contributed by atoms with Gasteiger partial charge in [0.15, 0.2) is 0 Å². The number of amides is 3. The van der Waals surface area contributed by atoms with Crippen LogP contribution >= 0.6 is 0 Å². The molecule has 2 fully saturated rings. The molecule has 2 saturated heterocycles. The smallest absolute Gasteiger partial charge is 0.320 e. The fraction of sp³-hybridized carbons (Fsp3) is 0.667. The third-order valence-electron chi connectivity index (χ3n) is 5.39. The number of furan rings is 1. The van der Waals surface area contributed by atoms with E-state index >= 15 is 0 Å². The van der Waals surface area contributed by atoms with Crippen molar-refractivity contribution in [1.29, 1.82) is 0 Å². The maximum atomic E-state index is 12.3. The first kappa shape index (κ1) is 17.8. The summed E-state index contributed by atoms with van der Waals surface area (Å²) in [7, 11) is 0. The summed E-state index contributed by atoms with van der Waals surface area (Å²) in [5.41, 5.74) is 0. The summed E-state index contributed by atoms with van der Waals surface area (Å²) in [6.45, 7) is 8.51. The topological polar surface area (TPSA) is 69.0 Å². The molecule has 3 heterocycles. The predicted molar refractivity (Wildman–Crippen MR) is 94.0 cm³/mol. The number of rotatable bonds is 6. The van der Waals surface area contributed by atoms with E-state index in [0.29, 0.717) is 12.6 Å². The van der Waals surface area contributed by atoms with Crippen LogP contribution in [0.1, 0.15) is 32.4 Å². The lowest BCUT2D eigenvalue weighted by molar-refractivity contribution is -0.126. The molecule has 1 N–H and O–H groups in total. The second-order valence-corrected chi connectivity index (χ2v) is 6.80. The molecule has 25 heavy (non-hydrogen) atoms. The van der Waals surface area contributed by atoms with Gasteiger partial charge >= 0.3 is 6.03 Å². The molecule has 0 aliphatic carbocycles. The van der Waals surface area contributed by atoms with E-state index in [9.17, 15) is 9.59 Å². The number of carbonyl (C=O) groups excluding carboxylic acids is 2. The Morgan fingerprint density at radius 3 is 2.68 bits per heavy atom. The SMILES string of the molecule is CCN1CCN(C2CCN([C@@H](C)C(=O)NCc3ccco3)CC2)C1=O. The van der Waals surface area contributed by atoms with Crippen molar-refractivity contribution in [2.24, 2.45) is 0 Å². The Kier molecular flexibility index (Phi) is 5.63. The number of hydrogen-bond donors (Lipinski definition) is 1. The zero-order valence-electron chi connectivity index (χ0n) is 15.1. The number of piperidine rings is 1. The summed E-state index contributed by atoms with van der Waals surface area (Å²) >= 11 is 0. The van der Waals surface area contributed by atoms with Crippen LogP contribution in [-0.4, -0.2) is 71.4 Å². The van der Waals surface area contributed by atoms with Crippen LogP contribution in [0.3, 0.4) is 0 Å². The zero-order valence-corrected chi connectivity index (χ0v) is 15.1. The lowest BCUT2D eigenvalue weighted by Gasteiger charge is -2.38. The van der Waals surface area contributed by atoms with Gasteiger partial charge < -0.3 is 19.5 Å². The van der Waals surface area contributed by atoms with Crippen LogP contribution in [-0.2, 0) is 11.3 Å². The number of likely N-dealkylation sites (N-methyl/N-ethyl adjacent to an activating group) is 1. The Morgan fingerprint density at radius 1 is 1.32 bits per heavy atom. The molecule has 7 heteroatoms. The first-order chi connectivity index (χ1) is 12.1. The minimum absolute atomic E-state index is 0.0178. The molecule has 3 rings (SSSR count). The standard InChI is InChI=1S/C18H28N4O3/c1-3-20-10-11-22(18(20)24)15-6-8-21(9-7-15)14(2)17(23)19-13-16-5-4-12-25-16/h4-5,12,14-15H,3,6-11,13H2,1-2H3,(H,19,23)/t14-/m0/s1.